The lowest BCUT2D eigenvalue weighted by Crippen LogP contribution is -2.30. The molecule has 0 aromatic carbocycles. The van der Waals surface area contributed by atoms with E-state index in [9.17, 15) is 9.59 Å². The number of nitrogens with zero attached hydrogens (tertiary/aromatic N) is 4. The standard InChI is InChI=1S/C11H14N6O3/c12-13-10(18)8-5-7(20-15-8)6-17-11(19)16-4-2-1-3-9(16)14-17/h5H,1-4,6,12H2,(H,13,18). The van der Waals surface area contributed by atoms with Crippen LogP contribution in [0.2, 0.25) is 0 Å². The van der Waals surface area contributed by atoms with Crippen molar-refractivity contribution in [3.63, 3.8) is 0 Å². The van der Waals surface area contributed by atoms with Crippen molar-refractivity contribution in [1.29, 1.82) is 0 Å². The molecule has 2 aromatic rings. The van der Waals surface area contributed by atoms with E-state index in [0.717, 1.165) is 25.1 Å². The van der Waals surface area contributed by atoms with Gasteiger partial charge in [-0.05, 0) is 12.8 Å². The second kappa shape index (κ2) is 4.93. The van der Waals surface area contributed by atoms with Gasteiger partial charge in [0.1, 0.15) is 12.4 Å². The van der Waals surface area contributed by atoms with Crippen molar-refractivity contribution in [3.05, 3.63) is 33.8 Å². The monoisotopic (exact) mass is 278 g/mol. The second-order valence-electron chi connectivity index (χ2n) is 4.62. The molecule has 0 fully saturated rings. The van der Waals surface area contributed by atoms with E-state index in [-0.39, 0.29) is 17.9 Å². The third-order valence-corrected chi connectivity index (χ3v) is 3.26. The van der Waals surface area contributed by atoms with Crippen molar-refractivity contribution < 1.29 is 9.32 Å². The first-order chi connectivity index (χ1) is 9.69. The molecule has 1 aliphatic heterocycles. The highest BCUT2D eigenvalue weighted by atomic mass is 16.5. The summed E-state index contributed by atoms with van der Waals surface area (Å²) in [6.45, 7) is 0.842. The molecule has 0 spiro atoms. The summed E-state index contributed by atoms with van der Waals surface area (Å²) in [6.07, 6.45) is 2.83. The van der Waals surface area contributed by atoms with Gasteiger partial charge in [-0.1, -0.05) is 5.16 Å². The summed E-state index contributed by atoms with van der Waals surface area (Å²) in [5.41, 5.74) is 1.86. The normalized spacial score (nSPS) is 14.1. The van der Waals surface area contributed by atoms with Gasteiger partial charge in [0.2, 0.25) is 0 Å². The number of rotatable bonds is 3. The van der Waals surface area contributed by atoms with Crippen molar-refractivity contribution in [2.24, 2.45) is 5.84 Å². The molecule has 0 radical (unpaired) electrons. The highest BCUT2D eigenvalue weighted by Crippen LogP contribution is 2.10. The van der Waals surface area contributed by atoms with Crippen LogP contribution in [0, 0.1) is 0 Å². The Morgan fingerprint density at radius 3 is 3.10 bits per heavy atom. The minimum atomic E-state index is -0.545. The van der Waals surface area contributed by atoms with Crippen LogP contribution in [0.4, 0.5) is 0 Å². The third kappa shape index (κ3) is 2.11. The van der Waals surface area contributed by atoms with Crippen molar-refractivity contribution in [1.82, 2.24) is 24.9 Å². The van der Waals surface area contributed by atoms with Gasteiger partial charge in [0, 0.05) is 19.0 Å². The number of nitrogens with two attached hydrogens (primary N) is 1. The Labute approximate surface area is 113 Å². The summed E-state index contributed by atoms with van der Waals surface area (Å²) >= 11 is 0. The molecule has 9 heteroatoms. The number of carbonyl (C=O) groups is 1. The van der Waals surface area contributed by atoms with E-state index in [1.807, 2.05) is 5.43 Å². The van der Waals surface area contributed by atoms with Gasteiger partial charge < -0.3 is 4.52 Å². The molecule has 0 unspecified atom stereocenters. The van der Waals surface area contributed by atoms with Gasteiger partial charge in [-0.15, -0.1) is 0 Å². The molecule has 9 nitrogen and oxygen atoms in total. The fraction of sp³-hybridized carbons (Fsp3) is 0.455. The van der Waals surface area contributed by atoms with Gasteiger partial charge in [-0.25, -0.2) is 15.3 Å². The SMILES string of the molecule is NNC(=O)c1cc(Cn2nc3n(c2=O)CCCC3)on1. The van der Waals surface area contributed by atoms with E-state index >= 15 is 0 Å². The summed E-state index contributed by atoms with van der Waals surface area (Å²) in [7, 11) is 0. The summed E-state index contributed by atoms with van der Waals surface area (Å²) in [5, 5.41) is 7.85. The summed E-state index contributed by atoms with van der Waals surface area (Å²) in [5.74, 6) is 5.63. The number of carbonyl (C=O) groups excluding carboxylic acids is 1. The lowest BCUT2D eigenvalue weighted by atomic mass is 10.2. The molecule has 0 saturated carbocycles. The number of fused-ring (bicyclic) bond motifs is 1. The number of nitrogen functional groups attached to an aromatic ring is 1. The fourth-order valence-corrected chi connectivity index (χ4v) is 2.27. The average Bonchev–Trinajstić information content (AvgIpc) is 3.05. The molecule has 1 amide bonds. The molecule has 1 aliphatic rings. The smallest absolute Gasteiger partial charge is 0.346 e. The first kappa shape index (κ1) is 12.6. The Morgan fingerprint density at radius 2 is 2.35 bits per heavy atom. The van der Waals surface area contributed by atoms with Crippen LogP contribution in [0.3, 0.4) is 0 Å². The second-order valence-corrected chi connectivity index (χ2v) is 4.62. The predicted molar refractivity (Wildman–Crippen MR) is 66.7 cm³/mol. The van der Waals surface area contributed by atoms with Crippen LogP contribution < -0.4 is 17.0 Å². The van der Waals surface area contributed by atoms with E-state index in [1.165, 1.54) is 10.7 Å². The van der Waals surface area contributed by atoms with Gasteiger partial charge in [-0.2, -0.15) is 5.10 Å². The topological polar surface area (TPSA) is 121 Å². The summed E-state index contributed by atoms with van der Waals surface area (Å²) in [4.78, 5) is 23.4. The summed E-state index contributed by atoms with van der Waals surface area (Å²) in [6, 6.07) is 1.44. The molecule has 3 N–H and O–H groups in total. The van der Waals surface area contributed by atoms with Gasteiger partial charge in [0.25, 0.3) is 5.91 Å². The number of amides is 1. The first-order valence-electron chi connectivity index (χ1n) is 6.32. The van der Waals surface area contributed by atoms with Gasteiger partial charge >= 0.3 is 5.69 Å². The maximum atomic E-state index is 12.1. The van der Waals surface area contributed by atoms with Crippen LogP contribution in [0.5, 0.6) is 0 Å². The minimum Gasteiger partial charge on any atom is -0.359 e. The van der Waals surface area contributed by atoms with E-state index in [1.54, 1.807) is 4.57 Å². The minimum absolute atomic E-state index is 0.0690. The van der Waals surface area contributed by atoms with Crippen LogP contribution in [-0.2, 0) is 19.5 Å². The van der Waals surface area contributed by atoms with E-state index in [0.29, 0.717) is 12.3 Å². The average molecular weight is 278 g/mol. The Kier molecular flexibility index (Phi) is 3.11. The maximum absolute atomic E-state index is 12.1. The van der Waals surface area contributed by atoms with Crippen molar-refractivity contribution in [2.75, 3.05) is 0 Å². The van der Waals surface area contributed by atoms with Crippen molar-refractivity contribution >= 4 is 5.91 Å². The highest BCUT2D eigenvalue weighted by Gasteiger charge is 2.18. The molecular weight excluding hydrogens is 264 g/mol. The molecule has 0 bridgehead atoms. The predicted octanol–water partition coefficient (Wildman–Crippen LogP) is -0.979. The van der Waals surface area contributed by atoms with E-state index in [2.05, 4.69) is 10.3 Å². The third-order valence-electron chi connectivity index (χ3n) is 3.26. The Balaban J connectivity index is 1.85. The van der Waals surface area contributed by atoms with Crippen LogP contribution in [0.15, 0.2) is 15.4 Å². The number of aryl methyl sites for hydroxylation is 1. The lowest BCUT2D eigenvalue weighted by Gasteiger charge is -2.09. The Hall–Kier alpha value is -2.42. The molecule has 106 valence electrons. The molecule has 2 aromatic heterocycles. The van der Waals surface area contributed by atoms with Crippen LogP contribution in [0.25, 0.3) is 0 Å². The van der Waals surface area contributed by atoms with Crippen LogP contribution >= 0.6 is 0 Å². The highest BCUT2D eigenvalue weighted by molar-refractivity contribution is 5.91. The molecule has 20 heavy (non-hydrogen) atoms. The number of hydrogen-bond acceptors (Lipinski definition) is 6. The summed E-state index contributed by atoms with van der Waals surface area (Å²) < 4.78 is 8.00. The molecule has 3 heterocycles. The lowest BCUT2D eigenvalue weighted by molar-refractivity contribution is 0.0944. The molecule has 0 saturated heterocycles. The van der Waals surface area contributed by atoms with Gasteiger partial charge in [-0.3, -0.25) is 14.8 Å². The van der Waals surface area contributed by atoms with Crippen molar-refractivity contribution in [2.45, 2.75) is 32.4 Å². The molecule has 0 atom stereocenters. The quantitative estimate of drug-likeness (QED) is 0.423. The molecule has 3 rings (SSSR count). The van der Waals surface area contributed by atoms with Gasteiger partial charge in [0.05, 0.1) is 0 Å². The number of nitrogens with one attached hydrogen (secondary N) is 1. The number of hydrazine groups is 1. The molecule has 0 aliphatic carbocycles. The van der Waals surface area contributed by atoms with Gasteiger partial charge in [0.15, 0.2) is 11.5 Å². The fourth-order valence-electron chi connectivity index (χ4n) is 2.27. The zero-order valence-corrected chi connectivity index (χ0v) is 10.7. The zero-order chi connectivity index (χ0) is 14.1. The van der Waals surface area contributed by atoms with Crippen LogP contribution in [-0.4, -0.2) is 25.4 Å². The maximum Gasteiger partial charge on any atom is 0.346 e. The molecular formula is C11H14N6O3. The Bertz CT molecular complexity index is 697. The number of hydrogen-bond donors (Lipinski definition) is 2. The number of aromatic nitrogens is 4. The Morgan fingerprint density at radius 1 is 1.50 bits per heavy atom. The van der Waals surface area contributed by atoms with E-state index in [4.69, 9.17) is 10.4 Å². The van der Waals surface area contributed by atoms with Crippen molar-refractivity contribution in [3.8, 4) is 0 Å². The van der Waals surface area contributed by atoms with E-state index < -0.39 is 5.91 Å². The largest absolute Gasteiger partial charge is 0.359 e. The zero-order valence-electron chi connectivity index (χ0n) is 10.7. The van der Waals surface area contributed by atoms with Crippen LogP contribution in [0.1, 0.15) is 34.9 Å². The first-order valence-corrected chi connectivity index (χ1v) is 6.32.